The summed E-state index contributed by atoms with van der Waals surface area (Å²) in [7, 11) is 4.09. The third kappa shape index (κ3) is 9.77. The number of halogens is 2. The Balaban J connectivity index is 0. The van der Waals surface area contributed by atoms with E-state index in [0.29, 0.717) is 19.6 Å². The molecule has 1 aliphatic rings. The van der Waals surface area contributed by atoms with Crippen molar-refractivity contribution in [3.8, 4) is 0 Å². The van der Waals surface area contributed by atoms with Crippen molar-refractivity contribution in [2.75, 3.05) is 46.9 Å². The second-order valence-electron chi connectivity index (χ2n) is 6.08. The number of carbonyl (C=O) groups is 1. The van der Waals surface area contributed by atoms with Gasteiger partial charge < -0.3 is 20.3 Å². The SMILES string of the molecule is CN(C)CC(C)(C)CNC(=O)CC1CNCCO1.Cl.Cl. The molecule has 20 heavy (non-hydrogen) atoms. The molecular weight excluding hydrogens is 301 g/mol. The number of nitrogens with one attached hydrogen (secondary N) is 2. The van der Waals surface area contributed by atoms with Gasteiger partial charge in [0.25, 0.3) is 0 Å². The Kier molecular flexibility index (Phi) is 11.8. The fourth-order valence-electron chi connectivity index (χ4n) is 2.28. The maximum Gasteiger partial charge on any atom is 0.222 e. The Labute approximate surface area is 135 Å². The number of carbonyl (C=O) groups excluding carboxylic acids is 1. The van der Waals surface area contributed by atoms with Crippen LogP contribution < -0.4 is 10.6 Å². The maximum absolute atomic E-state index is 11.8. The number of hydrogen-bond acceptors (Lipinski definition) is 4. The van der Waals surface area contributed by atoms with Gasteiger partial charge in [-0.15, -0.1) is 24.8 Å². The van der Waals surface area contributed by atoms with E-state index in [0.717, 1.165) is 19.6 Å². The van der Waals surface area contributed by atoms with Crippen molar-refractivity contribution in [1.82, 2.24) is 15.5 Å². The first-order valence-electron chi connectivity index (χ1n) is 6.63. The van der Waals surface area contributed by atoms with Gasteiger partial charge in [0.05, 0.1) is 19.1 Å². The standard InChI is InChI=1S/C13H27N3O2.2ClH/c1-13(2,10-16(3)4)9-15-12(17)7-11-8-14-5-6-18-11;;/h11,14H,5-10H2,1-4H3,(H,15,17);2*1H. The van der Waals surface area contributed by atoms with Crippen LogP contribution in [0.2, 0.25) is 0 Å². The van der Waals surface area contributed by atoms with Crippen molar-refractivity contribution in [1.29, 1.82) is 0 Å². The molecule has 0 aromatic carbocycles. The molecule has 1 saturated heterocycles. The molecule has 0 aromatic heterocycles. The first-order valence-corrected chi connectivity index (χ1v) is 6.63. The van der Waals surface area contributed by atoms with Crippen LogP contribution in [0.1, 0.15) is 20.3 Å². The molecule has 0 bridgehead atoms. The number of rotatable bonds is 6. The second-order valence-corrected chi connectivity index (χ2v) is 6.08. The third-order valence-corrected chi connectivity index (χ3v) is 2.93. The monoisotopic (exact) mass is 329 g/mol. The van der Waals surface area contributed by atoms with Crippen molar-refractivity contribution < 1.29 is 9.53 Å². The Hall–Kier alpha value is -0.0700. The van der Waals surface area contributed by atoms with Crippen molar-refractivity contribution in [3.05, 3.63) is 0 Å². The highest BCUT2D eigenvalue weighted by Gasteiger charge is 2.22. The molecule has 0 spiro atoms. The summed E-state index contributed by atoms with van der Waals surface area (Å²) in [5, 5.41) is 6.23. The van der Waals surface area contributed by atoms with Crippen molar-refractivity contribution in [3.63, 3.8) is 0 Å². The van der Waals surface area contributed by atoms with Crippen LogP contribution in [0.25, 0.3) is 0 Å². The van der Waals surface area contributed by atoms with E-state index in [4.69, 9.17) is 4.74 Å². The molecule has 1 aliphatic heterocycles. The van der Waals surface area contributed by atoms with E-state index in [1.165, 1.54) is 0 Å². The summed E-state index contributed by atoms with van der Waals surface area (Å²) >= 11 is 0. The van der Waals surface area contributed by atoms with E-state index < -0.39 is 0 Å². The largest absolute Gasteiger partial charge is 0.375 e. The molecule has 1 amide bonds. The first kappa shape index (κ1) is 22.2. The van der Waals surface area contributed by atoms with Crippen LogP contribution in [0.15, 0.2) is 0 Å². The van der Waals surface area contributed by atoms with Crippen molar-refractivity contribution in [2.24, 2.45) is 5.41 Å². The molecule has 1 rings (SSSR count). The van der Waals surface area contributed by atoms with E-state index >= 15 is 0 Å². The Morgan fingerprint density at radius 1 is 1.40 bits per heavy atom. The van der Waals surface area contributed by atoms with E-state index in [1.807, 2.05) is 14.1 Å². The second kappa shape index (κ2) is 10.6. The Morgan fingerprint density at radius 3 is 2.55 bits per heavy atom. The van der Waals surface area contributed by atoms with E-state index in [1.54, 1.807) is 0 Å². The van der Waals surface area contributed by atoms with Crippen LogP contribution in [0.5, 0.6) is 0 Å². The van der Waals surface area contributed by atoms with Gasteiger partial charge >= 0.3 is 0 Å². The van der Waals surface area contributed by atoms with Gasteiger partial charge in [-0.1, -0.05) is 13.8 Å². The van der Waals surface area contributed by atoms with Crippen molar-refractivity contribution in [2.45, 2.75) is 26.4 Å². The number of hydrogen-bond donors (Lipinski definition) is 2. The molecule has 0 aliphatic carbocycles. The minimum Gasteiger partial charge on any atom is -0.375 e. The lowest BCUT2D eigenvalue weighted by molar-refractivity contribution is -0.125. The molecule has 5 nitrogen and oxygen atoms in total. The van der Waals surface area contributed by atoms with Gasteiger partial charge in [-0.3, -0.25) is 4.79 Å². The fourth-order valence-corrected chi connectivity index (χ4v) is 2.28. The van der Waals surface area contributed by atoms with Crippen LogP contribution in [0, 0.1) is 5.41 Å². The van der Waals surface area contributed by atoms with Gasteiger partial charge in [0, 0.05) is 26.2 Å². The summed E-state index contributed by atoms with van der Waals surface area (Å²) < 4.78 is 5.51. The normalized spacial score (nSPS) is 18.9. The molecule has 1 fully saturated rings. The zero-order chi connectivity index (χ0) is 13.6. The van der Waals surface area contributed by atoms with E-state index in [9.17, 15) is 4.79 Å². The molecule has 122 valence electrons. The predicted octanol–water partition coefficient (Wildman–Crippen LogP) is 0.912. The van der Waals surface area contributed by atoms with Crippen LogP contribution in [-0.4, -0.2) is 63.8 Å². The summed E-state index contributed by atoms with van der Waals surface area (Å²) in [6.45, 7) is 8.32. The Bertz CT molecular complexity index is 270. The van der Waals surface area contributed by atoms with Crippen LogP contribution in [0.4, 0.5) is 0 Å². The van der Waals surface area contributed by atoms with E-state index in [2.05, 4.69) is 29.4 Å². The molecule has 0 radical (unpaired) electrons. The highest BCUT2D eigenvalue weighted by atomic mass is 35.5. The highest BCUT2D eigenvalue weighted by Crippen LogP contribution is 2.14. The highest BCUT2D eigenvalue weighted by molar-refractivity contribution is 5.85. The van der Waals surface area contributed by atoms with Gasteiger partial charge in [0.2, 0.25) is 5.91 Å². The van der Waals surface area contributed by atoms with Crippen LogP contribution >= 0.6 is 24.8 Å². The van der Waals surface area contributed by atoms with Crippen molar-refractivity contribution >= 4 is 30.7 Å². The van der Waals surface area contributed by atoms with Gasteiger partial charge in [-0.25, -0.2) is 0 Å². The maximum atomic E-state index is 11.8. The average molecular weight is 330 g/mol. The minimum atomic E-state index is 0. The first-order chi connectivity index (χ1) is 8.39. The lowest BCUT2D eigenvalue weighted by Gasteiger charge is -2.29. The molecule has 7 heteroatoms. The Morgan fingerprint density at radius 2 is 2.05 bits per heavy atom. The third-order valence-electron chi connectivity index (χ3n) is 2.93. The summed E-state index contributed by atoms with van der Waals surface area (Å²) in [6.07, 6.45) is 0.473. The van der Waals surface area contributed by atoms with Gasteiger partial charge in [0.15, 0.2) is 0 Å². The molecule has 1 unspecified atom stereocenters. The minimum absolute atomic E-state index is 0. The number of ether oxygens (including phenoxy) is 1. The summed E-state index contributed by atoms with van der Waals surface area (Å²) in [5.74, 6) is 0.0792. The number of nitrogens with zero attached hydrogens (tertiary/aromatic N) is 1. The lowest BCUT2D eigenvalue weighted by Crippen LogP contribution is -2.44. The molecule has 1 atom stereocenters. The molecule has 0 aromatic rings. The van der Waals surface area contributed by atoms with Gasteiger partial charge in [0.1, 0.15) is 0 Å². The molecule has 1 heterocycles. The number of amides is 1. The quantitative estimate of drug-likeness (QED) is 0.760. The predicted molar refractivity (Wildman–Crippen MR) is 87.1 cm³/mol. The zero-order valence-corrected chi connectivity index (χ0v) is 14.5. The van der Waals surface area contributed by atoms with Gasteiger partial charge in [-0.05, 0) is 19.5 Å². The summed E-state index contributed by atoms with van der Waals surface area (Å²) in [4.78, 5) is 14.0. The number of morpholine rings is 1. The zero-order valence-electron chi connectivity index (χ0n) is 12.9. The fraction of sp³-hybridized carbons (Fsp3) is 0.923. The lowest BCUT2D eigenvalue weighted by atomic mass is 9.93. The average Bonchev–Trinajstić information content (AvgIpc) is 2.26. The van der Waals surface area contributed by atoms with E-state index in [-0.39, 0.29) is 42.2 Å². The summed E-state index contributed by atoms with van der Waals surface area (Å²) in [6, 6.07) is 0. The summed E-state index contributed by atoms with van der Waals surface area (Å²) in [5.41, 5.74) is 0.0881. The van der Waals surface area contributed by atoms with Crippen LogP contribution in [-0.2, 0) is 9.53 Å². The van der Waals surface area contributed by atoms with Gasteiger partial charge in [-0.2, -0.15) is 0 Å². The molecule has 0 saturated carbocycles. The molecular formula is C13H29Cl2N3O2. The molecule has 2 N–H and O–H groups in total. The topological polar surface area (TPSA) is 53.6 Å². The smallest absolute Gasteiger partial charge is 0.222 e. The van der Waals surface area contributed by atoms with Crippen LogP contribution in [0.3, 0.4) is 0 Å².